The van der Waals surface area contributed by atoms with E-state index in [0.29, 0.717) is 11.3 Å². The lowest BCUT2D eigenvalue weighted by Crippen LogP contribution is -2.27. The average molecular weight is 371 g/mol. The van der Waals surface area contributed by atoms with Crippen LogP contribution in [0.5, 0.6) is 0 Å². The Morgan fingerprint density at radius 1 is 1.11 bits per heavy atom. The molecule has 1 aromatic carbocycles. The molecule has 6 nitrogen and oxygen atoms in total. The first-order valence-corrected chi connectivity index (χ1v) is 9.15. The highest BCUT2D eigenvalue weighted by molar-refractivity contribution is 6.07. The molecular weight excluding hydrogens is 350 g/mol. The van der Waals surface area contributed by atoms with Crippen LogP contribution in [-0.2, 0) is 7.05 Å². The Morgan fingerprint density at radius 2 is 1.89 bits per heavy atom. The van der Waals surface area contributed by atoms with E-state index >= 15 is 0 Å². The van der Waals surface area contributed by atoms with E-state index in [1.165, 1.54) is 0 Å². The minimum Gasteiger partial charge on any atom is -0.345 e. The van der Waals surface area contributed by atoms with Gasteiger partial charge in [-0.05, 0) is 38.1 Å². The lowest BCUT2D eigenvalue weighted by Gasteiger charge is -2.15. The number of pyridine rings is 2. The number of rotatable bonds is 4. The molecule has 0 fully saturated rings. The third kappa shape index (κ3) is 3.24. The van der Waals surface area contributed by atoms with Crippen LogP contribution in [0.1, 0.15) is 34.6 Å². The summed E-state index contributed by atoms with van der Waals surface area (Å²) in [4.78, 5) is 22.2. The molecule has 4 rings (SSSR count). The van der Waals surface area contributed by atoms with Gasteiger partial charge in [0.1, 0.15) is 0 Å². The van der Waals surface area contributed by atoms with Crippen molar-refractivity contribution < 1.29 is 4.79 Å². The standard InChI is InChI=1S/C22H21N5O/c1-14(18-13-24-27(3)15(18)2)25-22(28)17-12-21(20-10-6-7-11-23-20)26-19-9-5-4-8-16(17)19/h4-14H,1-3H3,(H,25,28)/t14-/m0/s1. The molecule has 0 saturated heterocycles. The molecule has 1 amide bonds. The molecule has 0 aliphatic heterocycles. The first-order chi connectivity index (χ1) is 13.5. The summed E-state index contributed by atoms with van der Waals surface area (Å²) in [7, 11) is 1.89. The van der Waals surface area contributed by atoms with Crippen LogP contribution in [0.4, 0.5) is 0 Å². The van der Waals surface area contributed by atoms with E-state index < -0.39 is 0 Å². The van der Waals surface area contributed by atoms with Gasteiger partial charge >= 0.3 is 0 Å². The van der Waals surface area contributed by atoms with Gasteiger partial charge in [0, 0.05) is 29.9 Å². The van der Waals surface area contributed by atoms with Gasteiger partial charge in [0.15, 0.2) is 0 Å². The van der Waals surface area contributed by atoms with Crippen molar-refractivity contribution >= 4 is 16.8 Å². The number of aryl methyl sites for hydroxylation is 1. The van der Waals surface area contributed by atoms with Crippen LogP contribution in [0.25, 0.3) is 22.3 Å². The van der Waals surface area contributed by atoms with E-state index in [1.807, 2.05) is 69.4 Å². The number of carbonyl (C=O) groups excluding carboxylic acids is 1. The van der Waals surface area contributed by atoms with Crippen LogP contribution in [0.15, 0.2) is 60.9 Å². The highest BCUT2D eigenvalue weighted by Crippen LogP contribution is 2.25. The van der Waals surface area contributed by atoms with E-state index in [1.54, 1.807) is 17.1 Å². The molecule has 0 spiro atoms. The van der Waals surface area contributed by atoms with Crippen molar-refractivity contribution in [2.24, 2.45) is 7.05 Å². The largest absolute Gasteiger partial charge is 0.345 e. The topological polar surface area (TPSA) is 72.7 Å². The molecule has 1 atom stereocenters. The fourth-order valence-corrected chi connectivity index (χ4v) is 3.30. The maximum Gasteiger partial charge on any atom is 0.252 e. The van der Waals surface area contributed by atoms with E-state index in [2.05, 4.69) is 20.4 Å². The summed E-state index contributed by atoms with van der Waals surface area (Å²) in [6.07, 6.45) is 3.52. The van der Waals surface area contributed by atoms with E-state index in [-0.39, 0.29) is 11.9 Å². The van der Waals surface area contributed by atoms with Crippen LogP contribution < -0.4 is 5.32 Å². The van der Waals surface area contributed by atoms with Crippen molar-refractivity contribution in [2.75, 3.05) is 0 Å². The summed E-state index contributed by atoms with van der Waals surface area (Å²) in [5.74, 6) is -0.147. The molecule has 6 heteroatoms. The number of hydrogen-bond donors (Lipinski definition) is 1. The third-order valence-electron chi connectivity index (χ3n) is 4.98. The molecule has 4 aromatic rings. The van der Waals surface area contributed by atoms with Gasteiger partial charge in [0.25, 0.3) is 5.91 Å². The minimum absolute atomic E-state index is 0.147. The second kappa shape index (κ2) is 7.23. The molecule has 0 aliphatic rings. The predicted molar refractivity (Wildman–Crippen MR) is 109 cm³/mol. The van der Waals surface area contributed by atoms with Crippen LogP contribution >= 0.6 is 0 Å². The molecule has 3 aromatic heterocycles. The number of nitrogens with zero attached hydrogens (tertiary/aromatic N) is 4. The van der Waals surface area contributed by atoms with Crippen LogP contribution in [0, 0.1) is 6.92 Å². The summed E-state index contributed by atoms with van der Waals surface area (Å²) in [6.45, 7) is 3.96. The minimum atomic E-state index is -0.161. The molecule has 1 N–H and O–H groups in total. The van der Waals surface area contributed by atoms with Gasteiger partial charge in [-0.2, -0.15) is 5.10 Å². The molecule has 0 saturated carbocycles. The van der Waals surface area contributed by atoms with Crippen molar-refractivity contribution in [1.29, 1.82) is 0 Å². The summed E-state index contributed by atoms with van der Waals surface area (Å²) in [5, 5.41) is 8.18. The number of benzene rings is 1. The van der Waals surface area contributed by atoms with Gasteiger partial charge in [0.2, 0.25) is 0 Å². The second-order valence-corrected chi connectivity index (χ2v) is 6.79. The second-order valence-electron chi connectivity index (χ2n) is 6.79. The highest BCUT2D eigenvalue weighted by Gasteiger charge is 2.19. The van der Waals surface area contributed by atoms with Crippen molar-refractivity contribution in [3.63, 3.8) is 0 Å². The van der Waals surface area contributed by atoms with E-state index in [0.717, 1.165) is 27.9 Å². The SMILES string of the molecule is Cc1c([C@H](C)NC(=O)c2cc(-c3ccccn3)nc3ccccc23)cnn1C. The Hall–Kier alpha value is -3.54. The van der Waals surface area contributed by atoms with Crippen LogP contribution in [0.3, 0.4) is 0 Å². The van der Waals surface area contributed by atoms with E-state index in [9.17, 15) is 4.79 Å². The number of para-hydroxylation sites is 1. The average Bonchev–Trinajstić information content (AvgIpc) is 3.06. The Balaban J connectivity index is 1.74. The number of nitrogens with one attached hydrogen (secondary N) is 1. The van der Waals surface area contributed by atoms with Gasteiger partial charge in [-0.15, -0.1) is 0 Å². The Bertz CT molecular complexity index is 1150. The smallest absolute Gasteiger partial charge is 0.252 e. The van der Waals surface area contributed by atoms with Crippen LogP contribution in [0.2, 0.25) is 0 Å². The van der Waals surface area contributed by atoms with Crippen molar-refractivity contribution in [2.45, 2.75) is 19.9 Å². The monoisotopic (exact) mass is 371 g/mol. The Kier molecular flexibility index (Phi) is 4.61. The lowest BCUT2D eigenvalue weighted by molar-refractivity contribution is 0.0941. The van der Waals surface area contributed by atoms with Crippen molar-refractivity contribution in [3.8, 4) is 11.4 Å². The molecule has 0 aliphatic carbocycles. The van der Waals surface area contributed by atoms with Gasteiger partial charge in [-0.3, -0.25) is 14.5 Å². The van der Waals surface area contributed by atoms with Crippen molar-refractivity contribution in [3.05, 3.63) is 77.7 Å². The van der Waals surface area contributed by atoms with Gasteiger partial charge < -0.3 is 5.32 Å². The normalized spacial score (nSPS) is 12.1. The molecule has 140 valence electrons. The predicted octanol–water partition coefficient (Wildman–Crippen LogP) is 3.83. The fraction of sp³-hybridized carbons (Fsp3) is 0.182. The van der Waals surface area contributed by atoms with Gasteiger partial charge in [-0.1, -0.05) is 24.3 Å². The Labute approximate surface area is 163 Å². The summed E-state index contributed by atoms with van der Waals surface area (Å²) in [6, 6.07) is 15.0. The quantitative estimate of drug-likeness (QED) is 0.592. The first-order valence-electron chi connectivity index (χ1n) is 9.15. The highest BCUT2D eigenvalue weighted by atomic mass is 16.1. The maximum absolute atomic E-state index is 13.2. The summed E-state index contributed by atoms with van der Waals surface area (Å²) >= 11 is 0. The zero-order valence-electron chi connectivity index (χ0n) is 16.0. The zero-order chi connectivity index (χ0) is 19.7. The van der Waals surface area contributed by atoms with E-state index in [4.69, 9.17) is 0 Å². The number of fused-ring (bicyclic) bond motifs is 1. The maximum atomic E-state index is 13.2. The zero-order valence-corrected chi connectivity index (χ0v) is 16.0. The number of carbonyl (C=O) groups is 1. The number of aromatic nitrogens is 4. The third-order valence-corrected chi connectivity index (χ3v) is 4.98. The van der Waals surface area contributed by atoms with Crippen LogP contribution in [-0.4, -0.2) is 25.7 Å². The van der Waals surface area contributed by atoms with Crippen molar-refractivity contribution in [1.82, 2.24) is 25.1 Å². The molecule has 0 unspecified atom stereocenters. The molecule has 0 bridgehead atoms. The van der Waals surface area contributed by atoms with Gasteiger partial charge in [-0.25, -0.2) is 4.98 Å². The number of hydrogen-bond acceptors (Lipinski definition) is 4. The fourth-order valence-electron chi connectivity index (χ4n) is 3.30. The molecule has 28 heavy (non-hydrogen) atoms. The molecular formula is C22H21N5O. The molecule has 3 heterocycles. The Morgan fingerprint density at radius 3 is 2.61 bits per heavy atom. The summed E-state index contributed by atoms with van der Waals surface area (Å²) < 4.78 is 1.80. The lowest BCUT2D eigenvalue weighted by atomic mass is 10.0. The van der Waals surface area contributed by atoms with Gasteiger partial charge in [0.05, 0.1) is 34.7 Å². The first kappa shape index (κ1) is 17.9. The summed E-state index contributed by atoms with van der Waals surface area (Å²) in [5.41, 5.74) is 4.79. The number of amides is 1. The molecule has 0 radical (unpaired) electrons.